The number of rotatable bonds is 6. The Morgan fingerprint density at radius 2 is 1.71 bits per heavy atom. The molecule has 110 valence electrons. The van der Waals surface area contributed by atoms with Crippen molar-refractivity contribution in [2.45, 2.75) is 26.3 Å². The summed E-state index contributed by atoms with van der Waals surface area (Å²) in [7, 11) is 0. The number of carbonyl (C=O) groups is 1. The zero-order valence-corrected chi connectivity index (χ0v) is 12.0. The van der Waals surface area contributed by atoms with Crippen molar-refractivity contribution < 1.29 is 9.18 Å². The maximum atomic E-state index is 13.5. The van der Waals surface area contributed by atoms with E-state index in [0.717, 1.165) is 17.8 Å². The Morgan fingerprint density at radius 1 is 1.05 bits per heavy atom. The molecule has 0 bridgehead atoms. The zero-order valence-electron chi connectivity index (χ0n) is 12.0. The number of carbonyl (C=O) groups excluding carboxylic acids is 1. The summed E-state index contributed by atoms with van der Waals surface area (Å²) in [5.41, 5.74) is 2.27. The lowest BCUT2D eigenvalue weighted by Crippen LogP contribution is -2.10. The first-order valence-electron chi connectivity index (χ1n) is 7.06. The molecule has 0 atom stereocenters. The van der Waals surface area contributed by atoms with Crippen molar-refractivity contribution in [3.63, 3.8) is 0 Å². The van der Waals surface area contributed by atoms with Gasteiger partial charge in [-0.2, -0.15) is 0 Å². The van der Waals surface area contributed by atoms with E-state index in [4.69, 9.17) is 0 Å². The number of benzene rings is 2. The van der Waals surface area contributed by atoms with Gasteiger partial charge in [-0.15, -0.1) is 0 Å². The second kappa shape index (κ2) is 7.43. The fourth-order valence-electron chi connectivity index (χ4n) is 1.96. The van der Waals surface area contributed by atoms with Gasteiger partial charge in [0.05, 0.1) is 0 Å². The quantitative estimate of drug-likeness (QED) is 0.836. The van der Waals surface area contributed by atoms with Crippen molar-refractivity contribution >= 4 is 17.3 Å². The van der Waals surface area contributed by atoms with Crippen LogP contribution in [0.2, 0.25) is 0 Å². The summed E-state index contributed by atoms with van der Waals surface area (Å²) in [5.74, 6) is -0.196. The van der Waals surface area contributed by atoms with Gasteiger partial charge in [-0.25, -0.2) is 4.39 Å². The highest BCUT2D eigenvalue weighted by atomic mass is 19.1. The van der Waals surface area contributed by atoms with E-state index in [1.165, 1.54) is 6.07 Å². The second-order valence-corrected chi connectivity index (χ2v) is 4.82. The molecular weight excluding hydrogens is 267 g/mol. The van der Waals surface area contributed by atoms with Crippen LogP contribution >= 0.6 is 0 Å². The first kappa shape index (κ1) is 15.0. The van der Waals surface area contributed by atoms with Crippen molar-refractivity contribution in [2.24, 2.45) is 0 Å². The van der Waals surface area contributed by atoms with Crippen molar-refractivity contribution in [3.8, 4) is 0 Å². The minimum Gasteiger partial charge on any atom is -0.381 e. The Bertz CT molecular complexity index is 596. The van der Waals surface area contributed by atoms with Gasteiger partial charge in [0.1, 0.15) is 5.82 Å². The third kappa shape index (κ3) is 4.60. The molecule has 21 heavy (non-hydrogen) atoms. The largest absolute Gasteiger partial charge is 0.381 e. The van der Waals surface area contributed by atoms with Crippen molar-refractivity contribution in [1.82, 2.24) is 0 Å². The van der Waals surface area contributed by atoms with Crippen molar-refractivity contribution in [1.29, 1.82) is 0 Å². The Labute approximate surface area is 124 Å². The van der Waals surface area contributed by atoms with E-state index in [9.17, 15) is 9.18 Å². The third-order valence-electron chi connectivity index (χ3n) is 3.09. The average molecular weight is 286 g/mol. The van der Waals surface area contributed by atoms with Crippen molar-refractivity contribution in [3.05, 3.63) is 59.9 Å². The summed E-state index contributed by atoms with van der Waals surface area (Å²) in [4.78, 5) is 11.5. The molecule has 0 heterocycles. The number of anilines is 2. The summed E-state index contributed by atoms with van der Waals surface area (Å²) < 4.78 is 13.5. The monoisotopic (exact) mass is 286 g/mol. The molecule has 0 saturated carbocycles. The van der Waals surface area contributed by atoms with E-state index in [0.29, 0.717) is 18.5 Å². The molecule has 0 radical (unpaired) electrons. The highest BCUT2D eigenvalue weighted by Gasteiger charge is 2.02. The van der Waals surface area contributed by atoms with Gasteiger partial charge in [-0.1, -0.05) is 25.1 Å². The van der Waals surface area contributed by atoms with E-state index in [-0.39, 0.29) is 11.7 Å². The van der Waals surface area contributed by atoms with Gasteiger partial charge in [0.15, 0.2) is 0 Å². The molecule has 0 spiro atoms. The molecule has 0 aliphatic rings. The zero-order chi connectivity index (χ0) is 15.1. The minimum atomic E-state index is -0.214. The Morgan fingerprint density at radius 3 is 2.38 bits per heavy atom. The predicted molar refractivity (Wildman–Crippen MR) is 83.7 cm³/mol. The average Bonchev–Trinajstić information content (AvgIpc) is 2.48. The lowest BCUT2D eigenvalue weighted by atomic mass is 10.2. The van der Waals surface area contributed by atoms with Crippen LogP contribution in [0.25, 0.3) is 0 Å². The molecule has 2 aromatic carbocycles. The molecule has 2 N–H and O–H groups in total. The molecule has 0 fully saturated rings. The molecule has 2 aromatic rings. The molecule has 0 aliphatic carbocycles. The molecule has 2 rings (SSSR count). The van der Waals surface area contributed by atoms with E-state index in [2.05, 4.69) is 10.6 Å². The number of hydrogen-bond acceptors (Lipinski definition) is 2. The number of hydrogen-bond donors (Lipinski definition) is 2. The molecule has 0 aromatic heterocycles. The fourth-order valence-corrected chi connectivity index (χ4v) is 1.96. The van der Waals surface area contributed by atoms with Crippen LogP contribution in [-0.2, 0) is 11.3 Å². The molecule has 0 unspecified atom stereocenters. The van der Waals surface area contributed by atoms with Gasteiger partial charge in [0, 0.05) is 29.9 Å². The van der Waals surface area contributed by atoms with Crippen LogP contribution < -0.4 is 10.6 Å². The van der Waals surface area contributed by atoms with Crippen LogP contribution in [-0.4, -0.2) is 5.91 Å². The minimum absolute atomic E-state index is 0.0181. The molecular formula is C17H19FN2O. The van der Waals surface area contributed by atoms with Crippen LogP contribution in [0.3, 0.4) is 0 Å². The third-order valence-corrected chi connectivity index (χ3v) is 3.09. The van der Waals surface area contributed by atoms with Crippen LogP contribution in [0.4, 0.5) is 15.8 Å². The highest BCUT2D eigenvalue weighted by Crippen LogP contribution is 2.15. The van der Waals surface area contributed by atoms with Crippen molar-refractivity contribution in [2.75, 3.05) is 10.6 Å². The first-order valence-corrected chi connectivity index (χ1v) is 7.06. The maximum Gasteiger partial charge on any atom is 0.224 e. The lowest BCUT2D eigenvalue weighted by Gasteiger charge is -2.09. The lowest BCUT2D eigenvalue weighted by molar-refractivity contribution is -0.116. The van der Waals surface area contributed by atoms with E-state index < -0.39 is 0 Å². The van der Waals surface area contributed by atoms with Gasteiger partial charge in [-0.3, -0.25) is 4.79 Å². The van der Waals surface area contributed by atoms with Crippen LogP contribution in [0, 0.1) is 5.82 Å². The number of halogens is 1. The summed E-state index contributed by atoms with van der Waals surface area (Å²) >= 11 is 0. The SMILES string of the molecule is CCCC(=O)Nc1ccc(NCc2ccccc2F)cc1. The summed E-state index contributed by atoms with van der Waals surface area (Å²) in [6.45, 7) is 2.39. The summed E-state index contributed by atoms with van der Waals surface area (Å²) in [6, 6.07) is 14.1. The van der Waals surface area contributed by atoms with Gasteiger partial charge < -0.3 is 10.6 Å². The standard InChI is InChI=1S/C17H19FN2O/c1-2-5-17(21)20-15-10-8-14(9-11-15)19-12-13-6-3-4-7-16(13)18/h3-4,6-11,19H,2,5,12H2,1H3,(H,20,21). The van der Waals surface area contributed by atoms with Gasteiger partial charge in [0.2, 0.25) is 5.91 Å². The molecule has 3 nitrogen and oxygen atoms in total. The topological polar surface area (TPSA) is 41.1 Å². The predicted octanol–water partition coefficient (Wildman–Crippen LogP) is 4.18. The van der Waals surface area contributed by atoms with E-state index in [1.807, 2.05) is 37.3 Å². The second-order valence-electron chi connectivity index (χ2n) is 4.82. The fraction of sp³-hybridized carbons (Fsp3) is 0.235. The van der Waals surface area contributed by atoms with Gasteiger partial charge in [0.25, 0.3) is 0 Å². The smallest absolute Gasteiger partial charge is 0.224 e. The number of amides is 1. The first-order chi connectivity index (χ1) is 10.2. The normalized spacial score (nSPS) is 10.2. The molecule has 0 aliphatic heterocycles. The summed E-state index contributed by atoms with van der Waals surface area (Å²) in [6.07, 6.45) is 1.35. The van der Waals surface area contributed by atoms with Crippen LogP contribution in [0.5, 0.6) is 0 Å². The Kier molecular flexibility index (Phi) is 5.32. The van der Waals surface area contributed by atoms with Crippen LogP contribution in [0.1, 0.15) is 25.3 Å². The highest BCUT2D eigenvalue weighted by molar-refractivity contribution is 5.90. The van der Waals surface area contributed by atoms with Gasteiger partial charge in [-0.05, 0) is 36.8 Å². The van der Waals surface area contributed by atoms with Gasteiger partial charge >= 0.3 is 0 Å². The van der Waals surface area contributed by atoms with Crippen LogP contribution in [0.15, 0.2) is 48.5 Å². The Hall–Kier alpha value is -2.36. The van der Waals surface area contributed by atoms with E-state index in [1.54, 1.807) is 12.1 Å². The molecule has 1 amide bonds. The maximum absolute atomic E-state index is 13.5. The number of nitrogens with one attached hydrogen (secondary N) is 2. The summed E-state index contributed by atoms with van der Waals surface area (Å²) in [5, 5.41) is 5.98. The molecule has 0 saturated heterocycles. The molecule has 4 heteroatoms. The Balaban J connectivity index is 1.91. The van der Waals surface area contributed by atoms with E-state index >= 15 is 0 Å².